The summed E-state index contributed by atoms with van der Waals surface area (Å²) < 4.78 is 60.2. The molecular formula is C79H143N3O31. The number of ether oxygens (including phenoxy) is 10. The fraction of sp³-hybridized carbons (Fsp3) is 0.924. The molecule has 5 fully saturated rings. The molecule has 5 saturated heterocycles. The quantitative estimate of drug-likeness (QED) is 0.0301. The van der Waals surface area contributed by atoms with Gasteiger partial charge in [-0.2, -0.15) is 0 Å². The van der Waals surface area contributed by atoms with Crippen molar-refractivity contribution in [2.24, 2.45) is 0 Å². The van der Waals surface area contributed by atoms with Crippen LogP contribution in [0.4, 0.5) is 0 Å². The number of carbonyl (C=O) groups excluding carboxylic acids is 3. The van der Waals surface area contributed by atoms with Crippen LogP contribution in [0.5, 0.6) is 0 Å². The van der Waals surface area contributed by atoms with Gasteiger partial charge in [0.05, 0.1) is 63.9 Å². The first-order valence-electron chi connectivity index (χ1n) is 42.1. The molecule has 20 N–H and O–H groups in total. The fourth-order valence-corrected chi connectivity index (χ4v) is 15.4. The highest BCUT2D eigenvalue weighted by molar-refractivity contribution is 5.77. The van der Waals surface area contributed by atoms with Crippen LogP contribution < -0.4 is 16.0 Å². The third kappa shape index (κ3) is 32.6. The van der Waals surface area contributed by atoms with E-state index in [0.29, 0.717) is 12.8 Å². The third-order valence-corrected chi connectivity index (χ3v) is 22.1. The van der Waals surface area contributed by atoms with E-state index in [1.54, 1.807) is 6.08 Å². The summed E-state index contributed by atoms with van der Waals surface area (Å²) >= 11 is 0. The van der Waals surface area contributed by atoms with Crippen molar-refractivity contribution in [3.8, 4) is 0 Å². The van der Waals surface area contributed by atoms with Crippen molar-refractivity contribution < 1.29 is 153 Å². The summed E-state index contributed by atoms with van der Waals surface area (Å²) in [6.07, 6.45) is -8.42. The molecule has 0 unspecified atom stereocenters. The zero-order valence-electron chi connectivity index (χ0n) is 67.1. The SMILES string of the molecule is CCCCCCCCCCCCC/C=C/[C@@H](O)[C@H](CO[C@@H]1O[C@H](CO)[C@@H](O[C@@H]2O[C@H](CO)[C@H](O[C@@H]3O[C@H](CO)[C@H](O)[C@H](O[C@@H]4O[C@H](CO)[C@H](O)[C@H](O)[C@H]4O)[C@H]3NC(C)=O)[C@H](O[C@]3(C(=O)O)C[C@H](O)[C@@H](NC(C)=O)[C@H]([C@H](O)[C@H](O)CO)O3)[C@H]2O)[C@H](O)[C@H]1O)NC(=O)CCCCCCCCCCCCCCCCCCCCCCC. The van der Waals surface area contributed by atoms with E-state index < -0.39 is 235 Å². The Hall–Kier alpha value is -3.42. The number of hydrogen-bond donors (Lipinski definition) is 20. The average Bonchev–Trinajstić information content (AvgIpc) is 0.748. The maximum absolute atomic E-state index is 13.8. The van der Waals surface area contributed by atoms with Gasteiger partial charge in [0, 0.05) is 26.7 Å². The molecule has 0 aromatic heterocycles. The van der Waals surface area contributed by atoms with Crippen LogP contribution in [0.2, 0.25) is 0 Å². The van der Waals surface area contributed by atoms with Crippen molar-refractivity contribution in [1.29, 1.82) is 0 Å². The molecule has 113 heavy (non-hydrogen) atoms. The fourth-order valence-electron chi connectivity index (χ4n) is 15.4. The van der Waals surface area contributed by atoms with Crippen molar-refractivity contribution in [1.82, 2.24) is 16.0 Å². The van der Waals surface area contributed by atoms with E-state index in [9.17, 15) is 106 Å². The lowest BCUT2D eigenvalue weighted by Gasteiger charge is -2.52. The second-order valence-electron chi connectivity index (χ2n) is 31.4. The molecule has 0 aliphatic carbocycles. The zero-order valence-corrected chi connectivity index (χ0v) is 67.1. The Morgan fingerprint density at radius 2 is 0.876 bits per heavy atom. The lowest BCUT2D eigenvalue weighted by Crippen LogP contribution is -2.72. The van der Waals surface area contributed by atoms with Gasteiger partial charge in [-0.1, -0.05) is 219 Å². The predicted octanol–water partition coefficient (Wildman–Crippen LogP) is 1.30. The second kappa shape index (κ2) is 54.7. The van der Waals surface area contributed by atoms with E-state index in [1.165, 1.54) is 141 Å². The number of unbranched alkanes of at least 4 members (excludes halogenated alkanes) is 31. The van der Waals surface area contributed by atoms with Crippen LogP contribution in [0.25, 0.3) is 0 Å². The molecule has 0 radical (unpaired) electrons. The summed E-state index contributed by atoms with van der Waals surface area (Å²) in [6, 6.07) is -4.81. The largest absolute Gasteiger partial charge is 0.477 e. The first-order valence-corrected chi connectivity index (χ1v) is 42.1. The van der Waals surface area contributed by atoms with Gasteiger partial charge in [-0.15, -0.1) is 0 Å². The Balaban J connectivity index is 1.34. The molecule has 5 aliphatic rings. The normalized spacial score (nSPS) is 33.4. The minimum atomic E-state index is -3.38. The van der Waals surface area contributed by atoms with Crippen molar-refractivity contribution in [2.75, 3.05) is 39.6 Å². The minimum absolute atomic E-state index is 0.135. The van der Waals surface area contributed by atoms with Crippen LogP contribution in [0.1, 0.15) is 252 Å². The number of nitrogens with one attached hydrogen (secondary N) is 3. The smallest absolute Gasteiger partial charge is 0.364 e. The third-order valence-electron chi connectivity index (χ3n) is 22.1. The van der Waals surface area contributed by atoms with Gasteiger partial charge in [-0.05, 0) is 19.3 Å². The highest BCUT2D eigenvalue weighted by Gasteiger charge is 2.62. The lowest BCUT2D eigenvalue weighted by atomic mass is 9.88. The average molecular weight is 1630 g/mol. The van der Waals surface area contributed by atoms with Gasteiger partial charge in [0.2, 0.25) is 17.7 Å². The summed E-state index contributed by atoms with van der Waals surface area (Å²) in [5.74, 6) is -7.70. The molecule has 5 aliphatic heterocycles. The first kappa shape index (κ1) is 100. The molecule has 0 aromatic rings. The monoisotopic (exact) mass is 1630 g/mol. The first-order chi connectivity index (χ1) is 54.3. The molecule has 34 nitrogen and oxygen atoms in total. The zero-order chi connectivity index (χ0) is 83.0. The Labute approximate surface area is 665 Å². The summed E-state index contributed by atoms with van der Waals surface area (Å²) in [5, 5.41) is 197. The summed E-state index contributed by atoms with van der Waals surface area (Å²) in [5.41, 5.74) is 0. The van der Waals surface area contributed by atoms with Crippen LogP contribution in [-0.4, -0.2) is 321 Å². The topological polar surface area (TPSA) is 541 Å². The maximum Gasteiger partial charge on any atom is 0.364 e. The van der Waals surface area contributed by atoms with Crippen LogP contribution in [-0.2, 0) is 66.5 Å². The molecule has 0 aromatic carbocycles. The Bertz CT molecular complexity index is 2610. The summed E-state index contributed by atoms with van der Waals surface area (Å²) in [4.78, 5) is 53.1. The van der Waals surface area contributed by atoms with Gasteiger partial charge in [-0.25, -0.2) is 4.79 Å². The molecule has 34 heteroatoms. The molecule has 5 heterocycles. The van der Waals surface area contributed by atoms with Crippen LogP contribution in [0, 0.1) is 0 Å². The number of aliphatic hydroxyl groups excluding tert-OH is 16. The number of aliphatic hydroxyl groups is 16. The summed E-state index contributed by atoms with van der Waals surface area (Å²) in [6.45, 7) is 0.356. The molecular weight excluding hydrogens is 1490 g/mol. The van der Waals surface area contributed by atoms with Crippen molar-refractivity contribution in [2.45, 2.75) is 424 Å². The Morgan fingerprint density at radius 3 is 1.36 bits per heavy atom. The molecule has 5 rings (SSSR count). The molecule has 0 saturated carbocycles. The van der Waals surface area contributed by atoms with E-state index >= 15 is 0 Å². The van der Waals surface area contributed by atoms with E-state index in [4.69, 9.17) is 47.4 Å². The van der Waals surface area contributed by atoms with Gasteiger partial charge in [0.25, 0.3) is 5.79 Å². The Kier molecular flexibility index (Phi) is 48.5. The molecule has 0 bridgehead atoms. The Morgan fingerprint density at radius 1 is 0.460 bits per heavy atom. The van der Waals surface area contributed by atoms with Crippen LogP contribution in [0.15, 0.2) is 12.2 Å². The number of allylic oxidation sites excluding steroid dienone is 1. The lowest BCUT2D eigenvalue weighted by molar-refractivity contribution is -0.403. The number of amides is 3. The number of carboxylic acids is 1. The molecule has 660 valence electrons. The van der Waals surface area contributed by atoms with E-state index in [0.717, 1.165) is 71.6 Å². The number of aliphatic carboxylic acids is 1. The highest BCUT2D eigenvalue weighted by atomic mass is 16.8. The van der Waals surface area contributed by atoms with Gasteiger partial charge in [0.15, 0.2) is 25.2 Å². The van der Waals surface area contributed by atoms with E-state index in [2.05, 4.69) is 29.8 Å². The summed E-state index contributed by atoms with van der Waals surface area (Å²) in [7, 11) is 0. The standard InChI is InChI=1S/C79H143N3O31/c1-5-7-9-11-13-15-17-19-20-21-22-23-24-25-26-28-30-32-34-36-38-40-58(93)82-50(51(90)39-37-35-33-31-29-27-18-16-14-12-10-8-6-2)47-104-75-67(100)65(98)69(56(45-86)107-75)109-77-68(101)73(113-79(78(102)103)41-52(91)59(80-48(3)88)72(112-79)61(94)53(92)42-83)70(57(46-87)108-77)110-74-60(81-49(4)89)71(63(96)55(44-85)105-74)111-76-66(99)64(97)62(95)54(43-84)106-76/h37,39,50-57,59-77,83-87,90-92,94-101H,5-36,38,40-47H2,1-4H3,(H,80,88)(H,81,89)(H,82,93)(H,102,103)/b39-37+/t50-,51+,52-,53+,54+,55+,56+,57+,59+,60+,61+,62-,63-,64-,65+,66+,67+,68+,69+,70-,71+,72+,73+,74-,75+,76-,77-,79-/m0/s1. The highest BCUT2D eigenvalue weighted by Crippen LogP contribution is 2.41. The van der Waals surface area contributed by atoms with Crippen molar-refractivity contribution in [3.05, 3.63) is 12.2 Å². The van der Waals surface area contributed by atoms with E-state index in [1.807, 2.05) is 6.08 Å². The number of carboxylic acid groups (broad SMARTS) is 1. The minimum Gasteiger partial charge on any atom is -0.477 e. The van der Waals surface area contributed by atoms with Crippen molar-refractivity contribution in [3.63, 3.8) is 0 Å². The van der Waals surface area contributed by atoms with E-state index in [-0.39, 0.29) is 12.3 Å². The van der Waals surface area contributed by atoms with Crippen molar-refractivity contribution >= 4 is 23.7 Å². The number of carbonyl (C=O) groups is 4. The van der Waals surface area contributed by atoms with Gasteiger partial charge in [0.1, 0.15) is 116 Å². The van der Waals surface area contributed by atoms with Gasteiger partial charge < -0.3 is 150 Å². The molecule has 28 atom stereocenters. The molecule has 0 spiro atoms. The maximum atomic E-state index is 13.8. The van der Waals surface area contributed by atoms with Crippen LogP contribution >= 0.6 is 0 Å². The number of rotatable bonds is 58. The second-order valence-corrected chi connectivity index (χ2v) is 31.4. The predicted molar refractivity (Wildman–Crippen MR) is 406 cm³/mol. The molecule has 3 amide bonds. The number of hydrogen-bond acceptors (Lipinski definition) is 30. The van der Waals surface area contributed by atoms with Gasteiger partial charge in [-0.3, -0.25) is 14.4 Å². The van der Waals surface area contributed by atoms with Crippen LogP contribution in [0.3, 0.4) is 0 Å². The van der Waals surface area contributed by atoms with Gasteiger partial charge >= 0.3 is 5.97 Å².